The summed E-state index contributed by atoms with van der Waals surface area (Å²) in [6, 6.07) is 0. The number of hydrogen-bond acceptors (Lipinski definition) is 5. The zero-order chi connectivity index (χ0) is 12.9. The monoisotopic (exact) mass is 263 g/mol. The van der Waals surface area contributed by atoms with E-state index in [2.05, 4.69) is 20.2 Å². The lowest BCUT2D eigenvalue weighted by Crippen LogP contribution is -2.01. The molecule has 0 unspecified atom stereocenters. The van der Waals surface area contributed by atoms with Crippen molar-refractivity contribution < 1.29 is 4.42 Å². The number of fused-ring (bicyclic) bond motifs is 1. The maximum atomic E-state index is 6.07. The first-order chi connectivity index (χ1) is 8.59. The molecule has 3 aromatic rings. The minimum Gasteiger partial charge on any atom is -0.440 e. The zero-order valence-electron chi connectivity index (χ0n) is 10.1. The van der Waals surface area contributed by atoms with E-state index < -0.39 is 0 Å². The molecule has 0 radical (unpaired) electrons. The Morgan fingerprint density at radius 2 is 1.94 bits per heavy atom. The fraction of sp³-hybridized carbons (Fsp3) is 0.273. The summed E-state index contributed by atoms with van der Waals surface area (Å²) in [6.45, 7) is 5.67. The predicted octanol–water partition coefficient (Wildman–Crippen LogP) is 2.36. The second-order valence-electron chi connectivity index (χ2n) is 4.02. The molecule has 3 aromatic heterocycles. The van der Waals surface area contributed by atoms with E-state index in [9.17, 15) is 0 Å². The summed E-state index contributed by atoms with van der Waals surface area (Å²) in [5.74, 6) is 1.18. The minimum atomic E-state index is 0.328. The summed E-state index contributed by atoms with van der Waals surface area (Å²) in [5, 5.41) is 8.49. The molecule has 18 heavy (non-hydrogen) atoms. The Bertz CT molecular complexity index is 745. The van der Waals surface area contributed by atoms with Crippen LogP contribution in [0, 0.1) is 20.8 Å². The van der Waals surface area contributed by atoms with Crippen molar-refractivity contribution in [3.63, 3.8) is 0 Å². The van der Waals surface area contributed by atoms with E-state index >= 15 is 0 Å². The van der Waals surface area contributed by atoms with Gasteiger partial charge in [0.1, 0.15) is 0 Å². The quantitative estimate of drug-likeness (QED) is 0.674. The van der Waals surface area contributed by atoms with Gasteiger partial charge in [-0.3, -0.25) is 4.40 Å². The van der Waals surface area contributed by atoms with Crippen LogP contribution in [-0.4, -0.2) is 24.6 Å². The highest BCUT2D eigenvalue weighted by atomic mass is 35.5. The van der Waals surface area contributed by atoms with E-state index in [1.165, 1.54) is 6.39 Å². The van der Waals surface area contributed by atoms with E-state index in [0.717, 1.165) is 17.1 Å². The van der Waals surface area contributed by atoms with Crippen LogP contribution in [0.4, 0.5) is 0 Å². The summed E-state index contributed by atoms with van der Waals surface area (Å²) < 4.78 is 7.19. The van der Waals surface area contributed by atoms with Crippen LogP contribution in [0.15, 0.2) is 10.8 Å². The van der Waals surface area contributed by atoms with Crippen molar-refractivity contribution in [3.05, 3.63) is 28.6 Å². The molecule has 6 nitrogen and oxygen atoms in total. The Balaban J connectivity index is 2.42. The maximum Gasteiger partial charge on any atom is 0.206 e. The molecule has 0 amide bonds. The molecule has 3 rings (SSSR count). The first-order valence-corrected chi connectivity index (χ1v) is 5.75. The SMILES string of the molecule is Cc1ncoc1-c1nnc2c(Cl)nc(C)c(C)n12. The lowest BCUT2D eigenvalue weighted by atomic mass is 10.3. The number of nitrogens with zero attached hydrogens (tertiary/aromatic N) is 5. The minimum absolute atomic E-state index is 0.328. The smallest absolute Gasteiger partial charge is 0.206 e. The average Bonchev–Trinajstić information content (AvgIpc) is 2.91. The number of rotatable bonds is 1. The number of halogens is 1. The Hall–Kier alpha value is -1.95. The highest BCUT2D eigenvalue weighted by molar-refractivity contribution is 6.32. The summed E-state index contributed by atoms with van der Waals surface area (Å²) >= 11 is 6.07. The third-order valence-electron chi connectivity index (χ3n) is 2.92. The third-order valence-corrected chi connectivity index (χ3v) is 3.17. The first-order valence-electron chi connectivity index (χ1n) is 5.38. The third kappa shape index (κ3) is 1.42. The number of aromatic nitrogens is 5. The molecule has 92 valence electrons. The van der Waals surface area contributed by atoms with Crippen molar-refractivity contribution in [2.45, 2.75) is 20.8 Å². The van der Waals surface area contributed by atoms with Gasteiger partial charge in [0.2, 0.25) is 5.82 Å². The Labute approximate surface area is 108 Å². The zero-order valence-corrected chi connectivity index (χ0v) is 10.9. The topological polar surface area (TPSA) is 69.1 Å². The van der Waals surface area contributed by atoms with Gasteiger partial charge in [-0.25, -0.2) is 9.97 Å². The van der Waals surface area contributed by atoms with Crippen LogP contribution >= 0.6 is 11.6 Å². The van der Waals surface area contributed by atoms with Crippen LogP contribution in [-0.2, 0) is 0 Å². The Morgan fingerprint density at radius 3 is 2.61 bits per heavy atom. The fourth-order valence-corrected chi connectivity index (χ4v) is 2.09. The molecule has 0 aromatic carbocycles. The molecule has 0 saturated carbocycles. The van der Waals surface area contributed by atoms with Crippen LogP contribution in [0.5, 0.6) is 0 Å². The van der Waals surface area contributed by atoms with Crippen LogP contribution in [0.2, 0.25) is 5.15 Å². The summed E-state index contributed by atoms with van der Waals surface area (Å²) in [6.07, 6.45) is 1.39. The molecule has 0 aliphatic rings. The van der Waals surface area contributed by atoms with Gasteiger partial charge in [-0.05, 0) is 20.8 Å². The van der Waals surface area contributed by atoms with Crippen molar-refractivity contribution in [2.75, 3.05) is 0 Å². The van der Waals surface area contributed by atoms with Crippen molar-refractivity contribution in [1.82, 2.24) is 24.6 Å². The van der Waals surface area contributed by atoms with E-state index in [1.54, 1.807) is 0 Å². The summed E-state index contributed by atoms with van der Waals surface area (Å²) in [4.78, 5) is 8.27. The molecule has 7 heteroatoms. The molecule has 0 aliphatic heterocycles. The van der Waals surface area contributed by atoms with E-state index in [0.29, 0.717) is 22.4 Å². The second-order valence-corrected chi connectivity index (χ2v) is 4.38. The van der Waals surface area contributed by atoms with Gasteiger partial charge in [0.25, 0.3) is 0 Å². The van der Waals surface area contributed by atoms with Gasteiger partial charge in [-0.2, -0.15) is 0 Å². The largest absolute Gasteiger partial charge is 0.440 e. The van der Waals surface area contributed by atoms with Crippen LogP contribution in [0.1, 0.15) is 17.1 Å². The van der Waals surface area contributed by atoms with Gasteiger partial charge in [0, 0.05) is 5.69 Å². The van der Waals surface area contributed by atoms with E-state index in [4.69, 9.17) is 16.0 Å². The molecular formula is C11H10ClN5O. The molecule has 0 fully saturated rings. The first kappa shape index (κ1) is 11.2. The van der Waals surface area contributed by atoms with Crippen LogP contribution in [0.3, 0.4) is 0 Å². The highest BCUT2D eigenvalue weighted by Gasteiger charge is 2.19. The molecule has 0 bridgehead atoms. The predicted molar refractivity (Wildman–Crippen MR) is 65.5 cm³/mol. The summed E-state index contributed by atoms with van der Waals surface area (Å²) in [7, 11) is 0. The van der Waals surface area contributed by atoms with Crippen molar-refractivity contribution in [2.24, 2.45) is 0 Å². The van der Waals surface area contributed by atoms with Crippen molar-refractivity contribution in [1.29, 1.82) is 0 Å². The lowest BCUT2D eigenvalue weighted by Gasteiger charge is -2.05. The van der Waals surface area contributed by atoms with Gasteiger partial charge in [0.15, 0.2) is 23.0 Å². The normalized spacial score (nSPS) is 11.3. The van der Waals surface area contributed by atoms with Crippen molar-refractivity contribution >= 4 is 17.2 Å². The highest BCUT2D eigenvalue weighted by Crippen LogP contribution is 2.25. The molecule has 0 atom stereocenters. The molecule has 0 N–H and O–H groups in total. The van der Waals surface area contributed by atoms with E-state index in [1.807, 2.05) is 25.2 Å². The number of aryl methyl sites for hydroxylation is 3. The summed E-state index contributed by atoms with van der Waals surface area (Å²) in [5.41, 5.74) is 3.02. The Kier molecular flexibility index (Phi) is 2.34. The molecule has 3 heterocycles. The van der Waals surface area contributed by atoms with E-state index in [-0.39, 0.29) is 0 Å². The second kappa shape index (κ2) is 3.78. The average molecular weight is 264 g/mol. The lowest BCUT2D eigenvalue weighted by molar-refractivity contribution is 0.565. The molecular weight excluding hydrogens is 254 g/mol. The van der Waals surface area contributed by atoms with Crippen LogP contribution < -0.4 is 0 Å². The fourth-order valence-electron chi connectivity index (χ4n) is 1.84. The van der Waals surface area contributed by atoms with Crippen molar-refractivity contribution in [3.8, 4) is 11.6 Å². The van der Waals surface area contributed by atoms with Gasteiger partial charge in [-0.15, -0.1) is 10.2 Å². The van der Waals surface area contributed by atoms with Gasteiger partial charge in [0.05, 0.1) is 11.4 Å². The molecule has 0 saturated heterocycles. The van der Waals surface area contributed by atoms with Crippen LogP contribution in [0.25, 0.3) is 17.2 Å². The Morgan fingerprint density at radius 1 is 1.17 bits per heavy atom. The molecule has 0 aliphatic carbocycles. The standard InChI is InChI=1S/C11H10ClN5O/c1-5-7(3)17-10(8-6(2)13-4-18-8)15-16-11(17)9(12)14-5/h4H,1-3H3. The maximum absolute atomic E-state index is 6.07. The molecule has 0 spiro atoms. The van der Waals surface area contributed by atoms with Gasteiger partial charge < -0.3 is 4.42 Å². The van der Waals surface area contributed by atoms with Gasteiger partial charge >= 0.3 is 0 Å². The van der Waals surface area contributed by atoms with Gasteiger partial charge in [-0.1, -0.05) is 11.6 Å². The number of oxazole rings is 1. The number of hydrogen-bond donors (Lipinski definition) is 0.